The van der Waals surface area contributed by atoms with E-state index in [2.05, 4.69) is 10.3 Å². The summed E-state index contributed by atoms with van der Waals surface area (Å²) in [7, 11) is 0. The van der Waals surface area contributed by atoms with E-state index in [0.717, 1.165) is 17.5 Å². The Balaban J connectivity index is 1.39. The van der Waals surface area contributed by atoms with Crippen LogP contribution in [-0.4, -0.2) is 41.6 Å². The molecule has 0 spiro atoms. The number of nitrogens with zero attached hydrogens (tertiary/aromatic N) is 1. The molecule has 0 bridgehead atoms. The highest BCUT2D eigenvalue weighted by Crippen LogP contribution is 2.25. The molecule has 0 unspecified atom stereocenters. The zero-order valence-electron chi connectivity index (χ0n) is 15.7. The Labute approximate surface area is 167 Å². The Hall–Kier alpha value is -3.61. The fourth-order valence-electron chi connectivity index (χ4n) is 3.27. The molecule has 2 amide bonds. The van der Waals surface area contributed by atoms with Gasteiger partial charge in [0.15, 0.2) is 0 Å². The average Bonchev–Trinajstić information content (AvgIpc) is 3.37. The summed E-state index contributed by atoms with van der Waals surface area (Å²) in [4.78, 5) is 28.8. The predicted octanol–water partition coefficient (Wildman–Crippen LogP) is 4.07. The number of anilines is 1. The van der Waals surface area contributed by atoms with Gasteiger partial charge in [-0.2, -0.15) is 0 Å². The summed E-state index contributed by atoms with van der Waals surface area (Å²) in [5, 5.41) is 2.88. The van der Waals surface area contributed by atoms with E-state index in [1.165, 1.54) is 12.1 Å². The van der Waals surface area contributed by atoms with Crippen LogP contribution in [0.25, 0.3) is 11.1 Å². The molecule has 0 aliphatic carbocycles. The van der Waals surface area contributed by atoms with Gasteiger partial charge >= 0.3 is 6.09 Å². The van der Waals surface area contributed by atoms with Gasteiger partial charge in [0.2, 0.25) is 0 Å². The van der Waals surface area contributed by atoms with Crippen molar-refractivity contribution < 1.29 is 18.7 Å². The third kappa shape index (κ3) is 4.29. The summed E-state index contributed by atoms with van der Waals surface area (Å²) in [6.07, 6.45) is 3.79. The average molecular weight is 393 g/mol. The maximum absolute atomic E-state index is 13.2. The fraction of sp³-hybridized carbons (Fsp3) is 0.182. The molecule has 0 atom stereocenters. The molecule has 2 N–H and O–H groups in total. The van der Waals surface area contributed by atoms with Crippen molar-refractivity contribution in [2.75, 3.05) is 25.0 Å². The number of benzene rings is 2. The van der Waals surface area contributed by atoms with Crippen molar-refractivity contribution in [3.05, 3.63) is 77.9 Å². The van der Waals surface area contributed by atoms with Crippen LogP contribution in [0.3, 0.4) is 0 Å². The van der Waals surface area contributed by atoms with Crippen LogP contribution >= 0.6 is 0 Å². The zero-order chi connectivity index (χ0) is 20.2. The Morgan fingerprint density at radius 3 is 2.55 bits per heavy atom. The highest BCUT2D eigenvalue weighted by atomic mass is 19.1. The van der Waals surface area contributed by atoms with Gasteiger partial charge in [-0.15, -0.1) is 0 Å². The quantitative estimate of drug-likeness (QED) is 0.663. The first-order chi connectivity index (χ1) is 14.1. The number of ether oxygens (including phenoxy) is 1. The second kappa shape index (κ2) is 8.18. The van der Waals surface area contributed by atoms with E-state index in [-0.39, 0.29) is 17.8 Å². The van der Waals surface area contributed by atoms with Gasteiger partial charge in [0.25, 0.3) is 5.91 Å². The number of hydrogen-bond donors (Lipinski definition) is 2. The van der Waals surface area contributed by atoms with Crippen LogP contribution in [-0.2, 0) is 11.2 Å². The maximum atomic E-state index is 13.2. The van der Waals surface area contributed by atoms with E-state index in [4.69, 9.17) is 4.74 Å². The molecule has 2 heterocycles. The molecule has 148 valence electrons. The molecule has 4 rings (SSSR count). The number of cyclic esters (lactones) is 1. The minimum atomic E-state index is -0.322. The fourth-order valence-corrected chi connectivity index (χ4v) is 3.27. The van der Waals surface area contributed by atoms with Crippen molar-refractivity contribution in [1.29, 1.82) is 0 Å². The molecular weight excluding hydrogens is 373 g/mol. The molecule has 1 aliphatic heterocycles. The Kier molecular flexibility index (Phi) is 5.29. The summed E-state index contributed by atoms with van der Waals surface area (Å²) in [6, 6.07) is 13.5. The van der Waals surface area contributed by atoms with Crippen molar-refractivity contribution in [1.82, 2.24) is 9.88 Å². The number of H-pyrrole nitrogens is 1. The number of hydrogen-bond acceptors (Lipinski definition) is 3. The lowest BCUT2D eigenvalue weighted by atomic mass is 10.0. The Bertz CT molecular complexity index is 1010. The van der Waals surface area contributed by atoms with Crippen LogP contribution in [0.1, 0.15) is 15.9 Å². The third-order valence-corrected chi connectivity index (χ3v) is 4.87. The highest BCUT2D eigenvalue weighted by Gasteiger charge is 2.21. The summed E-state index contributed by atoms with van der Waals surface area (Å²) in [5.74, 6) is -0.574. The number of aromatic amines is 1. The largest absolute Gasteiger partial charge is 0.448 e. The monoisotopic (exact) mass is 393 g/mol. The number of carbonyl (C=O) groups is 2. The molecule has 1 aliphatic rings. The smallest absolute Gasteiger partial charge is 0.409 e. The number of halogens is 1. The lowest BCUT2D eigenvalue weighted by molar-refractivity contribution is 0.102. The van der Waals surface area contributed by atoms with E-state index in [0.29, 0.717) is 36.5 Å². The second-order valence-electron chi connectivity index (χ2n) is 6.79. The summed E-state index contributed by atoms with van der Waals surface area (Å²) in [6.45, 7) is 1.68. The third-order valence-electron chi connectivity index (χ3n) is 4.87. The topological polar surface area (TPSA) is 74.4 Å². The number of aromatic nitrogens is 1. The molecule has 0 saturated carbocycles. The van der Waals surface area contributed by atoms with Gasteiger partial charge < -0.3 is 19.9 Å². The lowest BCUT2D eigenvalue weighted by Crippen LogP contribution is -2.26. The van der Waals surface area contributed by atoms with Gasteiger partial charge in [0.05, 0.1) is 12.1 Å². The normalized spacial score (nSPS) is 13.4. The first-order valence-corrected chi connectivity index (χ1v) is 9.35. The van der Waals surface area contributed by atoms with Gasteiger partial charge in [-0.25, -0.2) is 9.18 Å². The second-order valence-corrected chi connectivity index (χ2v) is 6.79. The molecule has 6 nitrogen and oxygen atoms in total. The molecule has 1 aromatic heterocycles. The standard InChI is InChI=1S/C22H20FN3O3/c23-17-5-3-16(4-6-17)19-13-24-14-20(19)21(27)25-18-7-1-15(2-8-18)9-10-26-11-12-29-22(26)28/h1-8,13-14,24H,9-12H2,(H,25,27). The molecule has 2 aromatic carbocycles. The molecule has 7 heteroatoms. The van der Waals surface area contributed by atoms with E-state index in [9.17, 15) is 14.0 Å². The van der Waals surface area contributed by atoms with Crippen molar-refractivity contribution >= 4 is 17.7 Å². The van der Waals surface area contributed by atoms with Crippen LogP contribution in [0.15, 0.2) is 60.9 Å². The van der Waals surface area contributed by atoms with Crippen LogP contribution in [0.2, 0.25) is 0 Å². The SMILES string of the molecule is O=C(Nc1ccc(CCN2CCOC2=O)cc1)c1c[nH]cc1-c1ccc(F)cc1. The number of amides is 2. The number of carbonyl (C=O) groups excluding carboxylic acids is 2. The molecular formula is C22H20FN3O3. The predicted molar refractivity (Wildman–Crippen MR) is 107 cm³/mol. The van der Waals surface area contributed by atoms with Crippen molar-refractivity contribution in [3.8, 4) is 11.1 Å². The van der Waals surface area contributed by atoms with Crippen molar-refractivity contribution in [2.45, 2.75) is 6.42 Å². The first kappa shape index (κ1) is 18.7. The van der Waals surface area contributed by atoms with Crippen LogP contribution in [0, 0.1) is 5.82 Å². The maximum Gasteiger partial charge on any atom is 0.409 e. The molecule has 0 radical (unpaired) electrons. The van der Waals surface area contributed by atoms with E-state index >= 15 is 0 Å². The van der Waals surface area contributed by atoms with Crippen molar-refractivity contribution in [2.24, 2.45) is 0 Å². The zero-order valence-corrected chi connectivity index (χ0v) is 15.7. The molecule has 3 aromatic rings. The van der Waals surface area contributed by atoms with Crippen LogP contribution < -0.4 is 5.32 Å². The number of nitrogens with one attached hydrogen (secondary N) is 2. The summed E-state index contributed by atoms with van der Waals surface area (Å²) >= 11 is 0. The minimum Gasteiger partial charge on any atom is -0.448 e. The summed E-state index contributed by atoms with van der Waals surface area (Å²) in [5.41, 5.74) is 3.68. The van der Waals surface area contributed by atoms with Crippen molar-refractivity contribution in [3.63, 3.8) is 0 Å². The molecule has 1 fully saturated rings. The van der Waals surface area contributed by atoms with E-state index < -0.39 is 0 Å². The van der Waals surface area contributed by atoms with Gasteiger partial charge in [-0.05, 0) is 41.8 Å². The van der Waals surface area contributed by atoms with Gasteiger partial charge in [0.1, 0.15) is 12.4 Å². The van der Waals surface area contributed by atoms with Gasteiger partial charge in [-0.3, -0.25) is 4.79 Å². The van der Waals surface area contributed by atoms with Crippen LogP contribution in [0.5, 0.6) is 0 Å². The van der Waals surface area contributed by atoms with Gasteiger partial charge in [-0.1, -0.05) is 24.3 Å². The van der Waals surface area contributed by atoms with Gasteiger partial charge in [0, 0.05) is 30.2 Å². The van der Waals surface area contributed by atoms with E-state index in [1.54, 1.807) is 29.4 Å². The number of rotatable bonds is 6. The Morgan fingerprint density at radius 2 is 1.86 bits per heavy atom. The summed E-state index contributed by atoms with van der Waals surface area (Å²) < 4.78 is 18.1. The first-order valence-electron chi connectivity index (χ1n) is 9.35. The molecule has 1 saturated heterocycles. The highest BCUT2D eigenvalue weighted by molar-refractivity contribution is 6.08. The van der Waals surface area contributed by atoms with E-state index in [1.807, 2.05) is 24.3 Å². The lowest BCUT2D eigenvalue weighted by Gasteiger charge is -2.12. The Morgan fingerprint density at radius 1 is 1.10 bits per heavy atom. The molecule has 29 heavy (non-hydrogen) atoms. The van der Waals surface area contributed by atoms with Crippen LogP contribution in [0.4, 0.5) is 14.9 Å². The minimum absolute atomic E-state index is 0.252.